The van der Waals surface area contributed by atoms with Crippen molar-refractivity contribution in [1.82, 2.24) is 19.8 Å². The smallest absolute Gasteiger partial charge is 0.148 e. The molecule has 3 rings (SSSR count). The molecular formula is C18H31N5. The van der Waals surface area contributed by atoms with Crippen molar-refractivity contribution in [3.05, 3.63) is 17.6 Å². The maximum absolute atomic E-state index is 4.93. The lowest BCUT2D eigenvalue weighted by atomic mass is 9.98. The minimum atomic E-state index is 0.404. The minimum absolute atomic E-state index is 0.404. The van der Waals surface area contributed by atoms with Crippen LogP contribution >= 0.6 is 0 Å². The number of rotatable bonds is 5. The van der Waals surface area contributed by atoms with E-state index in [1.165, 1.54) is 51.5 Å². The van der Waals surface area contributed by atoms with Gasteiger partial charge in [0.25, 0.3) is 0 Å². The van der Waals surface area contributed by atoms with Gasteiger partial charge in [-0.3, -0.25) is 4.90 Å². The molecule has 5 nitrogen and oxygen atoms in total. The van der Waals surface area contributed by atoms with Crippen LogP contribution in [-0.2, 0) is 6.54 Å². The van der Waals surface area contributed by atoms with E-state index in [1.807, 2.05) is 7.05 Å². The number of nitrogens with zero attached hydrogens (tertiary/aromatic N) is 4. The maximum atomic E-state index is 4.93. The molecule has 0 aromatic carbocycles. The third-order valence-corrected chi connectivity index (χ3v) is 5.17. The molecule has 1 saturated heterocycles. The van der Waals surface area contributed by atoms with E-state index in [2.05, 4.69) is 35.3 Å². The number of aromatic nitrogens is 2. The number of hydrogen-bond donors (Lipinski definition) is 1. The van der Waals surface area contributed by atoms with Crippen molar-refractivity contribution in [3.8, 4) is 0 Å². The Morgan fingerprint density at radius 1 is 1.13 bits per heavy atom. The standard InChI is InChI=1S/C18H31N5/c1-19-17-12-14(13-22(2)3)20-18(21-17)16-10-6-7-11-23(16)15-8-4-5-9-15/h12,15-16H,4-11,13H2,1-3H3,(H,19,20,21)/t16-/m0/s1. The molecular weight excluding hydrogens is 286 g/mol. The van der Waals surface area contributed by atoms with E-state index in [9.17, 15) is 0 Å². The van der Waals surface area contributed by atoms with Crippen LogP contribution in [0.15, 0.2) is 6.07 Å². The fourth-order valence-electron chi connectivity index (χ4n) is 4.10. The summed E-state index contributed by atoms with van der Waals surface area (Å²) in [6.45, 7) is 2.08. The second-order valence-corrected chi connectivity index (χ2v) is 7.28. The summed E-state index contributed by atoms with van der Waals surface area (Å²) in [7, 11) is 6.12. The fourth-order valence-corrected chi connectivity index (χ4v) is 4.10. The Labute approximate surface area is 140 Å². The molecule has 2 heterocycles. The fraction of sp³-hybridized carbons (Fsp3) is 0.778. The lowest BCUT2D eigenvalue weighted by Gasteiger charge is -2.39. The van der Waals surface area contributed by atoms with Crippen LogP contribution in [0.3, 0.4) is 0 Å². The van der Waals surface area contributed by atoms with Crippen molar-refractivity contribution in [2.24, 2.45) is 0 Å². The number of nitrogens with one attached hydrogen (secondary N) is 1. The molecule has 1 atom stereocenters. The van der Waals surface area contributed by atoms with Crippen LogP contribution in [0.25, 0.3) is 0 Å². The number of hydrogen-bond acceptors (Lipinski definition) is 5. The van der Waals surface area contributed by atoms with Gasteiger partial charge in [0, 0.05) is 25.7 Å². The molecule has 5 heteroatoms. The molecule has 1 saturated carbocycles. The van der Waals surface area contributed by atoms with E-state index in [-0.39, 0.29) is 0 Å². The van der Waals surface area contributed by atoms with Gasteiger partial charge in [-0.05, 0) is 46.3 Å². The van der Waals surface area contributed by atoms with E-state index in [1.54, 1.807) is 0 Å². The lowest BCUT2D eigenvalue weighted by Crippen LogP contribution is -2.41. The Hall–Kier alpha value is -1.20. The topological polar surface area (TPSA) is 44.3 Å². The van der Waals surface area contributed by atoms with Crippen molar-refractivity contribution in [1.29, 1.82) is 0 Å². The predicted molar refractivity (Wildman–Crippen MR) is 94.5 cm³/mol. The van der Waals surface area contributed by atoms with Crippen molar-refractivity contribution in [2.45, 2.75) is 63.6 Å². The highest BCUT2D eigenvalue weighted by molar-refractivity contribution is 5.35. The van der Waals surface area contributed by atoms with Gasteiger partial charge in [-0.1, -0.05) is 19.3 Å². The zero-order valence-corrected chi connectivity index (χ0v) is 14.9. The molecule has 128 valence electrons. The highest BCUT2D eigenvalue weighted by Gasteiger charge is 2.33. The first-order valence-corrected chi connectivity index (χ1v) is 9.13. The number of likely N-dealkylation sites (tertiary alicyclic amines) is 1. The Balaban J connectivity index is 1.87. The lowest BCUT2D eigenvalue weighted by molar-refractivity contribution is 0.0913. The first kappa shape index (κ1) is 16.7. The first-order valence-electron chi connectivity index (χ1n) is 9.13. The quantitative estimate of drug-likeness (QED) is 0.904. The Morgan fingerprint density at radius 3 is 2.57 bits per heavy atom. The summed E-state index contributed by atoms with van der Waals surface area (Å²) >= 11 is 0. The van der Waals surface area contributed by atoms with Crippen molar-refractivity contribution in [2.75, 3.05) is 33.0 Å². The largest absolute Gasteiger partial charge is 0.373 e. The van der Waals surface area contributed by atoms with Gasteiger partial charge < -0.3 is 10.2 Å². The van der Waals surface area contributed by atoms with Crippen LogP contribution < -0.4 is 5.32 Å². The summed E-state index contributed by atoms with van der Waals surface area (Å²) in [4.78, 5) is 14.6. The summed E-state index contributed by atoms with van der Waals surface area (Å²) in [5.74, 6) is 1.98. The Morgan fingerprint density at radius 2 is 1.87 bits per heavy atom. The van der Waals surface area contributed by atoms with Crippen molar-refractivity contribution in [3.63, 3.8) is 0 Å². The van der Waals surface area contributed by atoms with Gasteiger partial charge in [0.15, 0.2) is 0 Å². The van der Waals surface area contributed by atoms with E-state index >= 15 is 0 Å². The Kier molecular flexibility index (Phi) is 5.49. The molecule has 1 N–H and O–H groups in total. The molecule has 1 aromatic rings. The third kappa shape index (κ3) is 4.01. The van der Waals surface area contributed by atoms with E-state index in [0.717, 1.165) is 29.9 Å². The molecule has 1 aromatic heterocycles. The SMILES string of the molecule is CNc1cc(CN(C)C)nc([C@@H]2CCCCN2C2CCCC2)n1. The van der Waals surface area contributed by atoms with Crippen LogP contribution in [0, 0.1) is 0 Å². The molecule has 2 aliphatic rings. The van der Waals surface area contributed by atoms with Gasteiger partial charge in [-0.2, -0.15) is 0 Å². The zero-order valence-electron chi connectivity index (χ0n) is 14.9. The monoisotopic (exact) mass is 317 g/mol. The van der Waals surface area contributed by atoms with E-state index in [4.69, 9.17) is 9.97 Å². The second kappa shape index (κ2) is 7.58. The highest BCUT2D eigenvalue weighted by Crippen LogP contribution is 2.36. The average molecular weight is 317 g/mol. The summed E-state index contributed by atoms with van der Waals surface area (Å²) in [5.41, 5.74) is 1.11. The minimum Gasteiger partial charge on any atom is -0.373 e. The Bertz CT molecular complexity index is 510. The molecule has 0 spiro atoms. The van der Waals surface area contributed by atoms with Crippen LogP contribution in [0.2, 0.25) is 0 Å². The summed E-state index contributed by atoms with van der Waals surface area (Å²) < 4.78 is 0. The van der Waals surface area contributed by atoms with Gasteiger partial charge in [-0.25, -0.2) is 9.97 Å². The second-order valence-electron chi connectivity index (χ2n) is 7.28. The summed E-state index contributed by atoms with van der Waals surface area (Å²) in [5, 5.41) is 3.22. The van der Waals surface area contributed by atoms with E-state index < -0.39 is 0 Å². The molecule has 2 fully saturated rings. The molecule has 1 aliphatic carbocycles. The van der Waals surface area contributed by atoms with Crippen LogP contribution in [0.5, 0.6) is 0 Å². The average Bonchev–Trinajstić information content (AvgIpc) is 3.08. The maximum Gasteiger partial charge on any atom is 0.148 e. The highest BCUT2D eigenvalue weighted by atomic mass is 15.2. The molecule has 0 amide bonds. The first-order chi connectivity index (χ1) is 11.2. The van der Waals surface area contributed by atoms with Crippen molar-refractivity contribution < 1.29 is 0 Å². The normalized spacial score (nSPS) is 23.6. The van der Waals surface area contributed by atoms with Gasteiger partial charge in [0.05, 0.1) is 11.7 Å². The number of anilines is 1. The van der Waals surface area contributed by atoms with Crippen LogP contribution in [-0.4, -0.2) is 53.5 Å². The molecule has 0 radical (unpaired) electrons. The van der Waals surface area contributed by atoms with Crippen LogP contribution in [0.1, 0.15) is 62.5 Å². The summed E-state index contributed by atoms with van der Waals surface area (Å²) in [6, 6.07) is 3.23. The molecule has 0 bridgehead atoms. The van der Waals surface area contributed by atoms with Gasteiger partial charge in [-0.15, -0.1) is 0 Å². The van der Waals surface area contributed by atoms with E-state index in [0.29, 0.717) is 6.04 Å². The van der Waals surface area contributed by atoms with Crippen LogP contribution in [0.4, 0.5) is 5.82 Å². The predicted octanol–water partition coefficient (Wildman–Crippen LogP) is 3.05. The molecule has 1 aliphatic heterocycles. The van der Waals surface area contributed by atoms with Gasteiger partial charge >= 0.3 is 0 Å². The van der Waals surface area contributed by atoms with Gasteiger partial charge in [0.2, 0.25) is 0 Å². The third-order valence-electron chi connectivity index (χ3n) is 5.17. The van der Waals surface area contributed by atoms with Gasteiger partial charge in [0.1, 0.15) is 11.6 Å². The zero-order chi connectivity index (χ0) is 16.2. The molecule has 23 heavy (non-hydrogen) atoms. The summed E-state index contributed by atoms with van der Waals surface area (Å²) in [6.07, 6.45) is 9.30. The van der Waals surface area contributed by atoms with Crippen molar-refractivity contribution >= 4 is 5.82 Å². The number of piperidine rings is 1. The molecule has 0 unspecified atom stereocenters.